The Morgan fingerprint density at radius 2 is 1.64 bits per heavy atom. The van der Waals surface area contributed by atoms with Gasteiger partial charge >= 0.3 is 6.18 Å². The zero-order chi connectivity index (χ0) is 19.9. The van der Waals surface area contributed by atoms with Crippen LogP contribution in [0.3, 0.4) is 0 Å². The molecule has 0 saturated heterocycles. The van der Waals surface area contributed by atoms with Gasteiger partial charge in [-0.15, -0.1) is 10.2 Å². The smallest absolute Gasteiger partial charge is 0.435 e. The second-order valence-corrected chi connectivity index (χ2v) is 6.95. The highest BCUT2D eigenvalue weighted by Gasteiger charge is 2.36. The lowest BCUT2D eigenvalue weighted by molar-refractivity contribution is -0.140. The molecule has 142 valence electrons. The van der Waals surface area contributed by atoms with Gasteiger partial charge in [0.25, 0.3) is 5.91 Å². The summed E-state index contributed by atoms with van der Waals surface area (Å²) in [5, 5.41) is 6.91. The number of hydrogen-bond acceptors (Lipinski definition) is 5. The van der Waals surface area contributed by atoms with E-state index in [1.165, 1.54) is 36.4 Å². The Labute approximate surface area is 158 Å². The number of rotatable bonds is 3. The van der Waals surface area contributed by atoms with Crippen molar-refractivity contribution < 1.29 is 26.9 Å². The van der Waals surface area contributed by atoms with Gasteiger partial charge in [-0.2, -0.15) is 13.2 Å². The van der Waals surface area contributed by atoms with Crippen molar-refractivity contribution in [2.75, 3.05) is 0 Å². The first-order valence-electron chi connectivity index (χ1n) is 7.88. The molecule has 1 amide bonds. The van der Waals surface area contributed by atoms with Crippen LogP contribution in [-0.4, -0.2) is 20.3 Å². The first kappa shape index (κ1) is 18.1. The molecule has 1 atom stereocenters. The topological polar surface area (TPSA) is 81.2 Å². The van der Waals surface area contributed by atoms with Gasteiger partial charge in [0.2, 0.25) is 5.88 Å². The molecule has 1 aliphatic heterocycles. The van der Waals surface area contributed by atoms with Gasteiger partial charge < -0.3 is 4.74 Å². The Morgan fingerprint density at radius 1 is 0.964 bits per heavy atom. The summed E-state index contributed by atoms with van der Waals surface area (Å²) in [6, 6.07) is 12.0. The van der Waals surface area contributed by atoms with Gasteiger partial charge in [-0.25, -0.2) is 4.21 Å². The number of hydrogen-bond donors (Lipinski definition) is 1. The van der Waals surface area contributed by atoms with Crippen molar-refractivity contribution in [3.05, 3.63) is 65.9 Å². The summed E-state index contributed by atoms with van der Waals surface area (Å²) in [6.45, 7) is 0. The van der Waals surface area contributed by atoms with E-state index in [1.54, 1.807) is 18.2 Å². The summed E-state index contributed by atoms with van der Waals surface area (Å²) in [4.78, 5) is 11.6. The average molecular weight is 405 g/mol. The van der Waals surface area contributed by atoms with Gasteiger partial charge in [0, 0.05) is 16.8 Å². The van der Waals surface area contributed by atoms with Gasteiger partial charge in [0.1, 0.15) is 5.75 Å². The molecule has 2 aromatic carbocycles. The maximum absolute atomic E-state index is 13.1. The monoisotopic (exact) mass is 405 g/mol. The largest absolute Gasteiger partial charge is 0.437 e. The Morgan fingerprint density at radius 3 is 2.25 bits per heavy atom. The van der Waals surface area contributed by atoms with Crippen molar-refractivity contribution >= 4 is 32.6 Å². The van der Waals surface area contributed by atoms with Gasteiger partial charge in [-0.05, 0) is 35.9 Å². The number of nitrogens with zero attached hydrogens (tertiary/aromatic N) is 2. The van der Waals surface area contributed by atoms with Gasteiger partial charge in [-0.3, -0.25) is 9.52 Å². The van der Waals surface area contributed by atoms with Crippen LogP contribution in [0.25, 0.3) is 15.7 Å². The van der Waals surface area contributed by atoms with Crippen molar-refractivity contribution in [1.29, 1.82) is 0 Å². The normalized spacial score (nSPS) is 16.8. The van der Waals surface area contributed by atoms with E-state index in [4.69, 9.17) is 4.74 Å². The second kappa shape index (κ2) is 6.71. The molecule has 6 nitrogen and oxygen atoms in total. The molecule has 28 heavy (non-hydrogen) atoms. The number of carbonyl (C=O) groups excluding carboxylic acids is 1. The number of amides is 1. The Bertz CT molecular complexity index is 1140. The van der Waals surface area contributed by atoms with E-state index >= 15 is 0 Å². The number of fused-ring (bicyclic) bond motifs is 1. The fourth-order valence-electron chi connectivity index (χ4n) is 2.70. The van der Waals surface area contributed by atoms with Gasteiger partial charge in [-0.1, -0.05) is 18.2 Å². The minimum atomic E-state index is -4.64. The molecule has 0 fully saturated rings. The van der Waals surface area contributed by atoms with Crippen molar-refractivity contribution in [2.45, 2.75) is 6.18 Å². The molecule has 1 N–H and O–H groups in total. The van der Waals surface area contributed by atoms with Crippen LogP contribution in [-0.2, 0) is 22.0 Å². The lowest BCUT2D eigenvalue weighted by atomic mass is 10.1. The highest BCUT2D eigenvalue weighted by Crippen LogP contribution is 2.36. The van der Waals surface area contributed by atoms with Crippen LogP contribution in [0.5, 0.6) is 11.6 Å². The summed E-state index contributed by atoms with van der Waals surface area (Å²) in [6.07, 6.45) is -3.40. The van der Waals surface area contributed by atoms with E-state index in [9.17, 15) is 22.2 Å². The lowest BCUT2D eigenvalue weighted by Gasteiger charge is -2.12. The molecule has 0 bridgehead atoms. The Balaban J connectivity index is 1.67. The van der Waals surface area contributed by atoms with E-state index in [0.717, 1.165) is 0 Å². The standard InChI is InChI=1S/C18H10F3N3O3S/c19-18(20,21)16-12-3-1-2-4-13(12)17(23-22-16)27-11-7-5-10(6-8-11)14-9-15(25)24-28(14)26/h1-9H,(H,24,25). The molecule has 0 saturated carbocycles. The fraction of sp³-hybridized carbons (Fsp3) is 0.0556. The zero-order valence-electron chi connectivity index (χ0n) is 13.9. The summed E-state index contributed by atoms with van der Waals surface area (Å²) in [5.74, 6) is -0.219. The van der Waals surface area contributed by atoms with Crippen LogP contribution in [0.15, 0.2) is 54.6 Å². The molecule has 4 rings (SSSR count). The first-order chi connectivity index (χ1) is 13.3. The molecule has 0 spiro atoms. The SMILES string of the molecule is O=C1C=C(c2ccc(Oc3nnc(C(F)(F)F)c4ccccc34)cc2)S(=O)N1. The van der Waals surface area contributed by atoms with Gasteiger partial charge in [0.15, 0.2) is 16.7 Å². The van der Waals surface area contributed by atoms with Crippen LogP contribution in [0.4, 0.5) is 13.2 Å². The molecule has 1 aromatic heterocycles. The molecule has 0 radical (unpaired) electrons. The third kappa shape index (κ3) is 3.33. The minimum Gasteiger partial charge on any atom is -0.437 e. The number of aromatic nitrogens is 2. The average Bonchev–Trinajstić information content (AvgIpc) is 3.00. The maximum Gasteiger partial charge on any atom is 0.435 e. The Kier molecular flexibility index (Phi) is 4.34. The van der Waals surface area contributed by atoms with Crippen molar-refractivity contribution in [1.82, 2.24) is 14.9 Å². The third-order valence-corrected chi connectivity index (χ3v) is 5.07. The predicted molar refractivity (Wildman–Crippen MR) is 95.3 cm³/mol. The van der Waals surface area contributed by atoms with Crippen LogP contribution in [0.1, 0.15) is 11.3 Å². The summed E-state index contributed by atoms with van der Waals surface area (Å²) in [5.41, 5.74) is -0.536. The number of nitrogens with one attached hydrogen (secondary N) is 1. The summed E-state index contributed by atoms with van der Waals surface area (Å²) < 4.78 is 59.0. The number of carbonyl (C=O) groups is 1. The quantitative estimate of drug-likeness (QED) is 0.721. The van der Waals surface area contributed by atoms with Gasteiger partial charge in [0.05, 0.1) is 4.91 Å². The first-order valence-corrected chi connectivity index (χ1v) is 9.03. The molecule has 0 aliphatic carbocycles. The van der Waals surface area contributed by atoms with Crippen LogP contribution in [0, 0.1) is 0 Å². The number of benzene rings is 2. The van der Waals surface area contributed by atoms with Crippen molar-refractivity contribution in [3.63, 3.8) is 0 Å². The molecular weight excluding hydrogens is 395 g/mol. The second-order valence-electron chi connectivity index (χ2n) is 5.77. The highest BCUT2D eigenvalue weighted by atomic mass is 32.2. The molecule has 3 aromatic rings. The summed E-state index contributed by atoms with van der Waals surface area (Å²) >= 11 is 0. The maximum atomic E-state index is 13.1. The molecular formula is C18H10F3N3O3S. The van der Waals surface area contributed by atoms with E-state index < -0.39 is 28.8 Å². The van der Waals surface area contributed by atoms with E-state index in [-0.39, 0.29) is 16.7 Å². The van der Waals surface area contributed by atoms with E-state index in [0.29, 0.717) is 16.2 Å². The van der Waals surface area contributed by atoms with Crippen LogP contribution < -0.4 is 9.46 Å². The fourth-order valence-corrected chi connectivity index (χ4v) is 3.62. The third-order valence-electron chi connectivity index (χ3n) is 3.93. The van der Waals surface area contributed by atoms with Crippen molar-refractivity contribution in [2.24, 2.45) is 0 Å². The zero-order valence-corrected chi connectivity index (χ0v) is 14.7. The predicted octanol–water partition coefficient (Wildman–Crippen LogP) is 3.58. The van der Waals surface area contributed by atoms with E-state index in [2.05, 4.69) is 14.9 Å². The minimum absolute atomic E-state index is 0.0724. The molecule has 2 heterocycles. The molecule has 10 heteroatoms. The number of alkyl halides is 3. The Hall–Kier alpha value is -3.27. The molecule has 1 unspecified atom stereocenters. The van der Waals surface area contributed by atoms with E-state index in [1.807, 2.05) is 0 Å². The van der Waals surface area contributed by atoms with Crippen molar-refractivity contribution in [3.8, 4) is 11.6 Å². The number of halogens is 3. The van der Waals surface area contributed by atoms with Crippen LogP contribution in [0.2, 0.25) is 0 Å². The van der Waals surface area contributed by atoms with Crippen LogP contribution >= 0.6 is 0 Å². The molecule has 1 aliphatic rings. The number of ether oxygens (including phenoxy) is 1. The highest BCUT2D eigenvalue weighted by molar-refractivity contribution is 7.93. The lowest BCUT2D eigenvalue weighted by Crippen LogP contribution is -2.16. The summed E-state index contributed by atoms with van der Waals surface area (Å²) in [7, 11) is -1.62.